The molecule has 3 aromatic rings. The molecule has 1 atom stereocenters. The van der Waals surface area contributed by atoms with Gasteiger partial charge in [-0.25, -0.2) is 4.39 Å². The van der Waals surface area contributed by atoms with Crippen molar-refractivity contribution in [3.63, 3.8) is 0 Å². The smallest absolute Gasteiger partial charge is 0.301 e. The largest absolute Gasteiger partial charge is 0.507 e. The fourth-order valence-corrected chi connectivity index (χ4v) is 3.71. The number of halogens is 1. The zero-order chi connectivity index (χ0) is 19.8. The highest BCUT2D eigenvalue weighted by atomic mass is 32.1. The van der Waals surface area contributed by atoms with E-state index in [-0.39, 0.29) is 16.5 Å². The van der Waals surface area contributed by atoms with E-state index >= 15 is 0 Å². The summed E-state index contributed by atoms with van der Waals surface area (Å²) in [6, 6.07) is 11.4. The van der Waals surface area contributed by atoms with Crippen LogP contribution in [-0.4, -0.2) is 27.0 Å². The number of ketones is 1. The average Bonchev–Trinajstić information content (AvgIpc) is 3.30. The number of anilines is 1. The van der Waals surface area contributed by atoms with Gasteiger partial charge >= 0.3 is 5.91 Å². The number of amides is 1. The average molecular weight is 395 g/mol. The predicted molar refractivity (Wildman–Crippen MR) is 102 cm³/mol. The highest BCUT2D eigenvalue weighted by Gasteiger charge is 2.48. The number of carbonyl (C=O) groups excluding carboxylic acids is 2. The summed E-state index contributed by atoms with van der Waals surface area (Å²) in [5.41, 5.74) is 3.24. The molecule has 2 aromatic carbocycles. The first-order valence-electron chi connectivity index (χ1n) is 8.37. The molecular formula is C20H14FN3O3S. The Bertz CT molecular complexity index is 1080. The van der Waals surface area contributed by atoms with Crippen LogP contribution in [0.15, 0.2) is 59.6 Å². The maximum absolute atomic E-state index is 13.4. The van der Waals surface area contributed by atoms with Gasteiger partial charge in [0.1, 0.15) is 17.1 Å². The zero-order valence-corrected chi connectivity index (χ0v) is 15.5. The van der Waals surface area contributed by atoms with Gasteiger partial charge in [-0.1, -0.05) is 53.3 Å². The van der Waals surface area contributed by atoms with Gasteiger partial charge in [-0.15, -0.1) is 10.2 Å². The third kappa shape index (κ3) is 2.97. The summed E-state index contributed by atoms with van der Waals surface area (Å²) in [7, 11) is 0. The number of aliphatic hydroxyl groups is 1. The van der Waals surface area contributed by atoms with Crippen LogP contribution in [0.3, 0.4) is 0 Å². The van der Waals surface area contributed by atoms with Gasteiger partial charge in [-0.3, -0.25) is 14.5 Å². The molecule has 1 amide bonds. The molecule has 0 bridgehead atoms. The number of benzene rings is 2. The van der Waals surface area contributed by atoms with Gasteiger partial charge in [-0.2, -0.15) is 0 Å². The van der Waals surface area contributed by atoms with E-state index in [0.717, 1.165) is 16.9 Å². The molecule has 1 saturated heterocycles. The summed E-state index contributed by atoms with van der Waals surface area (Å²) < 4.78 is 13.4. The van der Waals surface area contributed by atoms with Crippen molar-refractivity contribution < 1.29 is 19.1 Å². The van der Waals surface area contributed by atoms with Crippen LogP contribution >= 0.6 is 11.3 Å². The predicted octanol–water partition coefficient (Wildman–Crippen LogP) is 3.61. The van der Waals surface area contributed by atoms with Crippen molar-refractivity contribution in [2.75, 3.05) is 4.90 Å². The van der Waals surface area contributed by atoms with E-state index in [1.54, 1.807) is 24.3 Å². The SMILES string of the molecule is Cc1ccc(C(O)=C2C(=O)C(=O)N(c3nncs3)[C@H]2c2ccc(F)cc2)cc1. The van der Waals surface area contributed by atoms with Gasteiger partial charge in [0.2, 0.25) is 5.13 Å². The van der Waals surface area contributed by atoms with E-state index in [2.05, 4.69) is 10.2 Å². The Morgan fingerprint density at radius 3 is 2.39 bits per heavy atom. The summed E-state index contributed by atoms with van der Waals surface area (Å²) in [6.45, 7) is 1.90. The second kappa shape index (κ2) is 6.97. The van der Waals surface area contributed by atoms with Crippen LogP contribution in [0, 0.1) is 12.7 Å². The van der Waals surface area contributed by atoms with Gasteiger partial charge in [0.05, 0.1) is 11.6 Å². The van der Waals surface area contributed by atoms with Gasteiger partial charge in [0, 0.05) is 5.56 Å². The third-order valence-corrected chi connectivity index (χ3v) is 5.20. The first kappa shape index (κ1) is 18.0. The van der Waals surface area contributed by atoms with Crippen molar-refractivity contribution in [3.05, 3.63) is 82.1 Å². The Hall–Kier alpha value is -3.39. The summed E-state index contributed by atoms with van der Waals surface area (Å²) in [4.78, 5) is 26.8. The second-order valence-corrected chi connectivity index (χ2v) is 7.12. The molecule has 8 heteroatoms. The molecule has 0 saturated carbocycles. The lowest BCUT2D eigenvalue weighted by Gasteiger charge is -2.22. The molecule has 0 aliphatic carbocycles. The van der Waals surface area contributed by atoms with Gasteiger partial charge in [0.25, 0.3) is 5.78 Å². The Morgan fingerprint density at radius 2 is 1.79 bits per heavy atom. The van der Waals surface area contributed by atoms with E-state index in [4.69, 9.17) is 0 Å². The lowest BCUT2D eigenvalue weighted by Crippen LogP contribution is -2.29. The first-order chi connectivity index (χ1) is 13.5. The van der Waals surface area contributed by atoms with Gasteiger partial charge < -0.3 is 5.11 Å². The monoisotopic (exact) mass is 395 g/mol. The molecule has 6 nitrogen and oxygen atoms in total. The Balaban J connectivity index is 1.93. The van der Waals surface area contributed by atoms with Gasteiger partial charge in [-0.05, 0) is 24.6 Å². The molecule has 2 heterocycles. The van der Waals surface area contributed by atoms with Crippen LogP contribution in [-0.2, 0) is 9.59 Å². The first-order valence-corrected chi connectivity index (χ1v) is 9.25. The highest BCUT2D eigenvalue weighted by Crippen LogP contribution is 2.42. The van der Waals surface area contributed by atoms with Crippen LogP contribution in [0.4, 0.5) is 9.52 Å². The minimum Gasteiger partial charge on any atom is -0.507 e. The van der Waals surface area contributed by atoms with E-state index in [1.165, 1.54) is 34.7 Å². The Kier molecular flexibility index (Phi) is 4.48. The molecule has 0 radical (unpaired) electrons. The molecule has 0 unspecified atom stereocenters. The zero-order valence-electron chi connectivity index (χ0n) is 14.7. The number of aliphatic hydroxyl groups excluding tert-OH is 1. The lowest BCUT2D eigenvalue weighted by atomic mass is 9.95. The van der Waals surface area contributed by atoms with Crippen molar-refractivity contribution in [2.24, 2.45) is 0 Å². The van der Waals surface area contributed by atoms with E-state index in [0.29, 0.717) is 11.1 Å². The second-order valence-electron chi connectivity index (χ2n) is 6.31. The van der Waals surface area contributed by atoms with Crippen LogP contribution in [0.2, 0.25) is 0 Å². The minimum absolute atomic E-state index is 0.0735. The molecule has 1 aromatic heterocycles. The summed E-state index contributed by atoms with van der Waals surface area (Å²) in [6.07, 6.45) is 0. The fraction of sp³-hybridized carbons (Fsp3) is 0.100. The molecule has 1 fully saturated rings. The standard InChI is InChI=1S/C20H14FN3O3S/c1-11-2-4-13(5-3-11)17(25)15-16(12-6-8-14(21)9-7-12)24(19(27)18(15)26)20-23-22-10-28-20/h2-10,16,25H,1H3/t16-/m0/s1. The summed E-state index contributed by atoms with van der Waals surface area (Å²) in [5.74, 6) is -2.39. The molecule has 0 spiro atoms. The molecule has 1 aliphatic heterocycles. The maximum Gasteiger partial charge on any atom is 0.301 e. The van der Waals surface area contributed by atoms with E-state index < -0.39 is 23.5 Å². The van der Waals surface area contributed by atoms with Crippen LogP contribution in [0.1, 0.15) is 22.7 Å². The number of aromatic nitrogens is 2. The molecular weight excluding hydrogens is 381 g/mol. The third-order valence-electron chi connectivity index (χ3n) is 4.51. The molecule has 28 heavy (non-hydrogen) atoms. The van der Waals surface area contributed by atoms with Crippen molar-refractivity contribution in [1.29, 1.82) is 0 Å². The van der Waals surface area contributed by atoms with Crippen LogP contribution < -0.4 is 4.90 Å². The molecule has 1 N–H and O–H groups in total. The fourth-order valence-electron chi connectivity index (χ4n) is 3.13. The van der Waals surface area contributed by atoms with Crippen molar-refractivity contribution >= 4 is 33.9 Å². The molecule has 1 aliphatic rings. The number of nitrogens with zero attached hydrogens (tertiary/aromatic N) is 3. The van der Waals surface area contributed by atoms with Gasteiger partial charge in [0.15, 0.2) is 0 Å². The minimum atomic E-state index is -0.935. The number of aryl methyl sites for hydroxylation is 1. The summed E-state index contributed by atoms with van der Waals surface area (Å²) in [5, 5.41) is 18.7. The molecule has 4 rings (SSSR count). The molecule has 140 valence electrons. The maximum atomic E-state index is 13.4. The normalized spacial score (nSPS) is 18.6. The number of carbonyl (C=O) groups is 2. The Morgan fingerprint density at radius 1 is 1.11 bits per heavy atom. The van der Waals surface area contributed by atoms with Crippen molar-refractivity contribution in [1.82, 2.24) is 10.2 Å². The highest BCUT2D eigenvalue weighted by molar-refractivity contribution is 7.13. The van der Waals surface area contributed by atoms with E-state index in [1.807, 2.05) is 6.92 Å². The summed E-state index contributed by atoms with van der Waals surface area (Å²) >= 11 is 1.09. The van der Waals surface area contributed by atoms with Crippen LogP contribution in [0.25, 0.3) is 5.76 Å². The quantitative estimate of drug-likeness (QED) is 0.416. The topological polar surface area (TPSA) is 83.4 Å². The number of rotatable bonds is 3. The number of hydrogen-bond acceptors (Lipinski definition) is 6. The van der Waals surface area contributed by atoms with E-state index in [9.17, 15) is 19.1 Å². The van der Waals surface area contributed by atoms with Crippen LogP contribution in [0.5, 0.6) is 0 Å². The van der Waals surface area contributed by atoms with Crippen molar-refractivity contribution in [3.8, 4) is 0 Å². The number of Topliss-reactive ketones (excluding diaryl/α,β-unsaturated/α-hetero) is 1. The Labute approximate surface area is 163 Å². The number of hydrogen-bond donors (Lipinski definition) is 1. The van der Waals surface area contributed by atoms with Crippen molar-refractivity contribution in [2.45, 2.75) is 13.0 Å². The lowest BCUT2D eigenvalue weighted by molar-refractivity contribution is -0.132.